The molecule has 6 heteroatoms. The van der Waals surface area contributed by atoms with Crippen molar-refractivity contribution in [2.24, 2.45) is 0 Å². The second kappa shape index (κ2) is 78.0. The molecule has 1 amide bonds. The van der Waals surface area contributed by atoms with Gasteiger partial charge in [0, 0.05) is 12.8 Å². The fourth-order valence-electron chi connectivity index (χ4n) is 13.3. The fourth-order valence-corrected chi connectivity index (χ4v) is 13.3. The van der Waals surface area contributed by atoms with Gasteiger partial charge in [-0.1, -0.05) is 424 Å². The number of carbonyl (C=O) groups excluding carboxylic acids is 2. The van der Waals surface area contributed by atoms with E-state index in [0.29, 0.717) is 25.9 Å². The third-order valence-corrected chi connectivity index (χ3v) is 19.6. The normalized spacial score (nSPS) is 12.5. The van der Waals surface area contributed by atoms with Crippen molar-refractivity contribution >= 4 is 11.9 Å². The summed E-state index contributed by atoms with van der Waals surface area (Å²) >= 11 is 0. The number of hydrogen-bond acceptors (Lipinski definition) is 5. The van der Waals surface area contributed by atoms with Gasteiger partial charge in [0.1, 0.15) is 0 Å². The van der Waals surface area contributed by atoms with Gasteiger partial charge >= 0.3 is 5.97 Å². The first-order valence-corrected chi connectivity index (χ1v) is 40.9. The molecule has 0 saturated heterocycles. The Morgan fingerprint density at radius 1 is 0.307 bits per heavy atom. The lowest BCUT2D eigenvalue weighted by Crippen LogP contribution is -2.45. The van der Waals surface area contributed by atoms with E-state index in [9.17, 15) is 19.8 Å². The van der Waals surface area contributed by atoms with Crippen LogP contribution in [-0.2, 0) is 14.3 Å². The maximum Gasteiger partial charge on any atom is 0.305 e. The summed E-state index contributed by atoms with van der Waals surface area (Å²) in [6, 6.07) is -0.541. The predicted molar refractivity (Wildman–Crippen MR) is 389 cm³/mol. The molecular formula is C82H161NO5. The third-order valence-electron chi connectivity index (χ3n) is 19.6. The van der Waals surface area contributed by atoms with E-state index in [0.717, 1.165) is 38.5 Å². The highest BCUT2D eigenvalue weighted by molar-refractivity contribution is 5.76. The SMILES string of the molecule is CCCCCCCCCCCCCCCCCCCCCCCCCCCC(O)C(CO)NC(=O)CCCCCCCCCCCCCCCCC/C=C\CCCCCCCCCCCCCCOC(=O)CCCCCCCCCCCCCCCCC. The number of aliphatic hydroxyl groups is 2. The molecule has 0 aliphatic heterocycles. The second-order valence-electron chi connectivity index (χ2n) is 28.5. The number of ether oxygens (including phenoxy) is 1. The zero-order valence-corrected chi connectivity index (χ0v) is 60.3. The van der Waals surface area contributed by atoms with Crippen LogP contribution in [-0.4, -0.2) is 47.4 Å². The van der Waals surface area contributed by atoms with E-state index in [1.807, 2.05) is 0 Å². The summed E-state index contributed by atoms with van der Waals surface area (Å²) in [7, 11) is 0. The first-order valence-electron chi connectivity index (χ1n) is 40.9. The number of unbranched alkanes of at least 4 members (excludes halogenated alkanes) is 65. The van der Waals surface area contributed by atoms with E-state index >= 15 is 0 Å². The monoisotopic (exact) mass is 1240 g/mol. The van der Waals surface area contributed by atoms with Gasteiger partial charge in [-0.25, -0.2) is 0 Å². The molecule has 2 atom stereocenters. The average molecular weight is 1240 g/mol. The van der Waals surface area contributed by atoms with Crippen molar-refractivity contribution < 1.29 is 24.5 Å². The number of nitrogens with one attached hydrogen (secondary N) is 1. The number of aliphatic hydroxyl groups excluding tert-OH is 2. The highest BCUT2D eigenvalue weighted by Gasteiger charge is 2.20. The van der Waals surface area contributed by atoms with Crippen molar-refractivity contribution in [3.63, 3.8) is 0 Å². The second-order valence-corrected chi connectivity index (χ2v) is 28.5. The van der Waals surface area contributed by atoms with Gasteiger partial charge in [0.25, 0.3) is 0 Å². The Hall–Kier alpha value is -1.40. The van der Waals surface area contributed by atoms with Crippen LogP contribution >= 0.6 is 0 Å². The largest absolute Gasteiger partial charge is 0.466 e. The maximum atomic E-state index is 12.6. The van der Waals surface area contributed by atoms with Crippen molar-refractivity contribution in [3.05, 3.63) is 12.2 Å². The van der Waals surface area contributed by atoms with Crippen LogP contribution in [0.25, 0.3) is 0 Å². The van der Waals surface area contributed by atoms with Gasteiger partial charge in [-0.2, -0.15) is 0 Å². The minimum atomic E-state index is -0.664. The molecule has 0 aromatic rings. The molecule has 3 N–H and O–H groups in total. The molecule has 0 aliphatic carbocycles. The van der Waals surface area contributed by atoms with Gasteiger partial charge in [0.2, 0.25) is 5.91 Å². The zero-order chi connectivity index (χ0) is 63.5. The Kier molecular flexibility index (Phi) is 76.8. The van der Waals surface area contributed by atoms with Gasteiger partial charge in [0.05, 0.1) is 25.4 Å². The number of amides is 1. The summed E-state index contributed by atoms with van der Waals surface area (Å²) in [6.45, 7) is 5.02. The minimum Gasteiger partial charge on any atom is -0.466 e. The predicted octanol–water partition coefficient (Wildman–Crippen LogP) is 27.1. The highest BCUT2D eigenvalue weighted by atomic mass is 16.5. The number of carbonyl (C=O) groups is 2. The van der Waals surface area contributed by atoms with Crippen molar-refractivity contribution in [2.45, 2.75) is 488 Å². The molecule has 524 valence electrons. The summed E-state index contributed by atoms with van der Waals surface area (Å²) < 4.78 is 5.51. The lowest BCUT2D eigenvalue weighted by atomic mass is 10.0. The van der Waals surface area contributed by atoms with Crippen LogP contribution in [0, 0.1) is 0 Å². The number of allylic oxidation sites excluding steroid dienone is 2. The van der Waals surface area contributed by atoms with Crippen molar-refractivity contribution in [2.75, 3.05) is 13.2 Å². The molecule has 0 fully saturated rings. The molecule has 0 rings (SSSR count). The number of rotatable bonds is 78. The summed E-state index contributed by atoms with van der Waals surface area (Å²) in [4.78, 5) is 24.7. The summed E-state index contributed by atoms with van der Waals surface area (Å²) in [6.07, 6.45) is 98.8. The van der Waals surface area contributed by atoms with Crippen LogP contribution in [0.5, 0.6) is 0 Å². The molecule has 88 heavy (non-hydrogen) atoms. The quantitative estimate of drug-likeness (QED) is 0.0320. The van der Waals surface area contributed by atoms with Gasteiger partial charge in [-0.15, -0.1) is 0 Å². The van der Waals surface area contributed by atoms with E-state index in [2.05, 4.69) is 31.3 Å². The molecule has 6 nitrogen and oxygen atoms in total. The van der Waals surface area contributed by atoms with Crippen molar-refractivity contribution in [1.29, 1.82) is 0 Å². The summed E-state index contributed by atoms with van der Waals surface area (Å²) in [5, 5.41) is 23.5. The molecule has 0 aliphatic rings. The summed E-state index contributed by atoms with van der Waals surface area (Å²) in [5.41, 5.74) is 0. The highest BCUT2D eigenvalue weighted by Crippen LogP contribution is 2.21. The molecule has 0 aromatic carbocycles. The Balaban J connectivity index is 3.35. The van der Waals surface area contributed by atoms with Crippen LogP contribution in [0.2, 0.25) is 0 Å². The average Bonchev–Trinajstić information content (AvgIpc) is 3.58. The Bertz CT molecular complexity index is 1340. The van der Waals surface area contributed by atoms with Crippen LogP contribution in [0.3, 0.4) is 0 Å². The van der Waals surface area contributed by atoms with Gasteiger partial charge in [-0.3, -0.25) is 9.59 Å². The topological polar surface area (TPSA) is 95.9 Å². The minimum absolute atomic E-state index is 0.0220. The molecule has 2 unspecified atom stereocenters. The molecule has 0 radical (unpaired) electrons. The Morgan fingerprint density at radius 3 is 0.807 bits per heavy atom. The number of hydrogen-bond donors (Lipinski definition) is 3. The molecular weight excluding hydrogens is 1080 g/mol. The van der Waals surface area contributed by atoms with Crippen LogP contribution < -0.4 is 5.32 Å². The lowest BCUT2D eigenvalue weighted by molar-refractivity contribution is -0.143. The van der Waals surface area contributed by atoms with Crippen molar-refractivity contribution in [3.8, 4) is 0 Å². The lowest BCUT2D eigenvalue weighted by Gasteiger charge is -2.22. The molecule has 0 spiro atoms. The van der Waals surface area contributed by atoms with E-state index in [4.69, 9.17) is 4.74 Å². The van der Waals surface area contributed by atoms with E-state index < -0.39 is 12.1 Å². The Morgan fingerprint density at radius 2 is 0.534 bits per heavy atom. The number of esters is 1. The molecule has 0 bridgehead atoms. The van der Waals surface area contributed by atoms with Gasteiger partial charge in [0.15, 0.2) is 0 Å². The molecule has 0 saturated carbocycles. The van der Waals surface area contributed by atoms with E-state index in [-0.39, 0.29) is 18.5 Å². The Labute approximate surface area is 552 Å². The molecule has 0 aromatic heterocycles. The maximum absolute atomic E-state index is 12.6. The summed E-state index contributed by atoms with van der Waals surface area (Å²) in [5.74, 6) is -0.00437. The van der Waals surface area contributed by atoms with E-state index in [1.165, 1.54) is 405 Å². The third kappa shape index (κ3) is 73.6. The zero-order valence-electron chi connectivity index (χ0n) is 60.3. The first kappa shape index (κ1) is 86.6. The van der Waals surface area contributed by atoms with E-state index in [1.54, 1.807) is 0 Å². The molecule has 0 heterocycles. The van der Waals surface area contributed by atoms with Gasteiger partial charge in [-0.05, 0) is 51.4 Å². The van der Waals surface area contributed by atoms with Crippen LogP contribution in [0.4, 0.5) is 0 Å². The van der Waals surface area contributed by atoms with Gasteiger partial charge < -0.3 is 20.3 Å². The first-order chi connectivity index (χ1) is 43.5. The fraction of sp³-hybridized carbons (Fsp3) is 0.951. The standard InChI is InChI=1S/C82H161NO5/c1-3-5-7-9-11-13-15-17-19-20-21-22-23-31-34-37-40-43-47-50-54-58-62-66-70-74-80(85)79(78-84)83-81(86)75-71-67-63-59-55-51-48-44-41-38-35-32-29-27-25-24-26-28-30-33-36-39-42-45-49-53-57-61-65-69-73-77-88-82(87)76-72-68-64-60-56-52-46-18-16-14-12-10-8-6-4-2/h26,28,79-80,84-85H,3-25,27,29-78H2,1-2H3,(H,83,86)/b28-26-. The van der Waals surface area contributed by atoms with Crippen LogP contribution in [0.1, 0.15) is 476 Å². The van der Waals surface area contributed by atoms with Crippen molar-refractivity contribution in [1.82, 2.24) is 5.32 Å². The smallest absolute Gasteiger partial charge is 0.305 e. The van der Waals surface area contributed by atoms with Crippen LogP contribution in [0.15, 0.2) is 12.2 Å².